The third kappa shape index (κ3) is 5.80. The van der Waals surface area contributed by atoms with Crippen molar-refractivity contribution in [1.82, 2.24) is 0 Å². The largest absolute Gasteiger partial charge is 0.455 e. The second kappa shape index (κ2) is 14.2. The van der Waals surface area contributed by atoms with Gasteiger partial charge in [-0.05, 0) is 117 Å². The van der Waals surface area contributed by atoms with E-state index in [1.165, 1.54) is 88.3 Å². The fraction of sp³-hybridized carbons (Fsp3) is 0.188. The zero-order valence-corrected chi connectivity index (χ0v) is 39.7. The second-order valence-electron chi connectivity index (χ2n) is 21.0. The van der Waals surface area contributed by atoms with Crippen molar-refractivity contribution in [1.29, 1.82) is 0 Å². The van der Waals surface area contributed by atoms with Crippen LogP contribution < -0.4 is 0 Å². The third-order valence-corrected chi connectivity index (χ3v) is 14.7. The van der Waals surface area contributed by atoms with E-state index in [9.17, 15) is 0 Å². The third-order valence-electron chi connectivity index (χ3n) is 14.7. The molecule has 12 aromatic rings. The van der Waals surface area contributed by atoms with Gasteiger partial charge in [-0.15, -0.1) is 0 Å². The average Bonchev–Trinajstić information content (AvgIpc) is 3.88. The van der Waals surface area contributed by atoms with Gasteiger partial charge in [0, 0.05) is 65.3 Å². The van der Waals surface area contributed by atoms with Crippen LogP contribution in [0.25, 0.3) is 121 Å². The van der Waals surface area contributed by atoms with E-state index in [1.54, 1.807) is 0 Å². The van der Waals surface area contributed by atoms with Gasteiger partial charge in [-0.25, -0.2) is 0 Å². The Kier molecular flexibility index (Phi) is 8.66. The maximum Gasteiger partial charge on any atom is 0.143 e. The lowest BCUT2D eigenvalue weighted by molar-refractivity contribution is 0.590. The number of aryl methyl sites for hydroxylation is 4. The molecule has 0 saturated carbocycles. The second-order valence-corrected chi connectivity index (χ2v) is 21.0. The lowest BCUT2D eigenvalue weighted by atomic mass is 9.82. The molecule has 0 atom stereocenters. The Morgan fingerprint density at radius 3 is 0.955 bits per heavy atom. The summed E-state index contributed by atoms with van der Waals surface area (Å²) in [6, 6.07) is 54.5. The van der Waals surface area contributed by atoms with Crippen molar-refractivity contribution in [3.63, 3.8) is 0 Å². The summed E-state index contributed by atoms with van der Waals surface area (Å²) in [6.07, 6.45) is 0. The Hall–Kier alpha value is -7.16. The molecule has 0 fully saturated rings. The van der Waals surface area contributed by atoms with Crippen molar-refractivity contribution in [2.75, 3.05) is 0 Å². The number of fused-ring (bicyclic) bond motifs is 8. The molecule has 0 N–H and O–H groups in total. The van der Waals surface area contributed by atoms with E-state index < -0.39 is 0 Å². The molecular formula is C64H54O2. The van der Waals surface area contributed by atoms with Crippen LogP contribution in [0.4, 0.5) is 0 Å². The van der Waals surface area contributed by atoms with Crippen molar-refractivity contribution < 1.29 is 8.83 Å². The molecule has 0 aliphatic heterocycles. The maximum atomic E-state index is 7.40. The molecule has 0 saturated heterocycles. The number of para-hydroxylation sites is 2. The molecule has 2 heterocycles. The first-order valence-corrected chi connectivity index (χ1v) is 23.5. The normalized spacial score (nSPS) is 12.7. The van der Waals surface area contributed by atoms with Crippen LogP contribution in [-0.2, 0) is 10.8 Å². The number of hydrogen-bond donors (Lipinski definition) is 0. The Labute approximate surface area is 386 Å². The van der Waals surface area contributed by atoms with Gasteiger partial charge in [0.1, 0.15) is 22.3 Å². The standard InChI is InChI=1S/C64H54O2/c1-35-15-11-16-36(2)51(35)45-19-13-21-47-57-53(39-23-27-41(28-24-39)63(5,6)7)43-32-34-50-56-44(31-33-49(55(43)56)61(57)65-59(45)47)54(40-25-29-42(30-26-40)64(8,9)10)58-48-22-14-20-46(60(48)66-62(50)58)52-37(3)17-12-18-38(52)4/h11-34H,1-10H3. The fourth-order valence-corrected chi connectivity index (χ4v) is 11.4. The van der Waals surface area contributed by atoms with E-state index >= 15 is 0 Å². The predicted molar refractivity (Wildman–Crippen MR) is 283 cm³/mol. The summed E-state index contributed by atoms with van der Waals surface area (Å²) in [5.41, 5.74) is 20.8. The molecule has 10 aromatic carbocycles. The Balaban J connectivity index is 1.28. The van der Waals surface area contributed by atoms with Crippen LogP contribution in [0.1, 0.15) is 74.9 Å². The van der Waals surface area contributed by atoms with Crippen LogP contribution in [0, 0.1) is 27.7 Å². The van der Waals surface area contributed by atoms with E-state index in [4.69, 9.17) is 8.83 Å². The summed E-state index contributed by atoms with van der Waals surface area (Å²) in [5.74, 6) is 0. The van der Waals surface area contributed by atoms with Gasteiger partial charge in [0.05, 0.1) is 0 Å². The van der Waals surface area contributed by atoms with Crippen molar-refractivity contribution in [3.05, 3.63) is 179 Å². The molecule has 2 heteroatoms. The van der Waals surface area contributed by atoms with E-state index in [0.717, 1.165) is 65.8 Å². The topological polar surface area (TPSA) is 26.3 Å². The lowest BCUT2D eigenvalue weighted by Crippen LogP contribution is -2.10. The molecule has 2 aromatic heterocycles. The highest BCUT2D eigenvalue weighted by Crippen LogP contribution is 2.54. The first-order chi connectivity index (χ1) is 31.7. The SMILES string of the molecule is Cc1cccc(C)c1-c1cccc2c1oc1c3ccc4c(-c5ccc(C(C)(C)C)cc5)c5c6cccc(-c7c(C)cccc7C)c6oc5c5ccc(c(-c6ccc(C(C)(C)C)cc6)c21)c3c45. The number of hydrogen-bond acceptors (Lipinski definition) is 2. The van der Waals surface area contributed by atoms with Crippen LogP contribution in [0.15, 0.2) is 154 Å². The Morgan fingerprint density at radius 2 is 0.606 bits per heavy atom. The minimum absolute atomic E-state index is 0.0242. The van der Waals surface area contributed by atoms with Crippen LogP contribution in [0.3, 0.4) is 0 Å². The Bertz CT molecular complexity index is 3650. The summed E-state index contributed by atoms with van der Waals surface area (Å²) < 4.78 is 14.8. The number of rotatable bonds is 4. The van der Waals surface area contributed by atoms with E-state index in [1.807, 2.05) is 0 Å². The molecule has 0 radical (unpaired) electrons. The van der Waals surface area contributed by atoms with Gasteiger partial charge in [-0.3, -0.25) is 0 Å². The number of benzene rings is 10. The minimum atomic E-state index is 0.0242. The van der Waals surface area contributed by atoms with Gasteiger partial charge in [0.25, 0.3) is 0 Å². The zero-order chi connectivity index (χ0) is 45.6. The summed E-state index contributed by atoms with van der Waals surface area (Å²) in [5, 5.41) is 11.6. The summed E-state index contributed by atoms with van der Waals surface area (Å²) in [7, 11) is 0. The van der Waals surface area contributed by atoms with Crippen LogP contribution in [-0.4, -0.2) is 0 Å². The zero-order valence-electron chi connectivity index (χ0n) is 39.7. The average molecular weight is 855 g/mol. The van der Waals surface area contributed by atoms with E-state index in [0.29, 0.717) is 0 Å². The Morgan fingerprint density at radius 1 is 0.288 bits per heavy atom. The number of furan rings is 2. The molecule has 0 amide bonds. The minimum Gasteiger partial charge on any atom is -0.455 e. The maximum absolute atomic E-state index is 7.40. The highest BCUT2D eigenvalue weighted by molar-refractivity contribution is 6.41. The molecule has 2 nitrogen and oxygen atoms in total. The summed E-state index contributed by atoms with van der Waals surface area (Å²) in [4.78, 5) is 0. The quantitative estimate of drug-likeness (QED) is 0.165. The van der Waals surface area contributed by atoms with Gasteiger partial charge < -0.3 is 8.83 Å². The molecule has 0 bridgehead atoms. The molecule has 322 valence electrons. The van der Waals surface area contributed by atoms with Crippen LogP contribution in [0.5, 0.6) is 0 Å². The van der Waals surface area contributed by atoms with Crippen molar-refractivity contribution >= 4 is 76.2 Å². The summed E-state index contributed by atoms with van der Waals surface area (Å²) in [6.45, 7) is 22.5. The molecule has 0 aliphatic carbocycles. The molecular weight excluding hydrogens is 801 g/mol. The highest BCUT2D eigenvalue weighted by atomic mass is 16.3. The van der Waals surface area contributed by atoms with Gasteiger partial charge in [-0.2, -0.15) is 0 Å². The monoisotopic (exact) mass is 854 g/mol. The smallest absolute Gasteiger partial charge is 0.143 e. The van der Waals surface area contributed by atoms with Gasteiger partial charge in [0.2, 0.25) is 0 Å². The van der Waals surface area contributed by atoms with Crippen molar-refractivity contribution in [2.24, 2.45) is 0 Å². The predicted octanol–water partition coefficient (Wildman–Crippen LogP) is 18.9. The summed E-state index contributed by atoms with van der Waals surface area (Å²) >= 11 is 0. The van der Waals surface area contributed by atoms with Crippen LogP contribution >= 0.6 is 0 Å². The first-order valence-electron chi connectivity index (χ1n) is 23.5. The molecule has 12 rings (SSSR count). The molecule has 0 aliphatic rings. The molecule has 66 heavy (non-hydrogen) atoms. The van der Waals surface area contributed by atoms with Gasteiger partial charge >= 0.3 is 0 Å². The van der Waals surface area contributed by atoms with Crippen LogP contribution in [0.2, 0.25) is 0 Å². The van der Waals surface area contributed by atoms with Gasteiger partial charge in [-0.1, -0.05) is 175 Å². The molecule has 0 spiro atoms. The van der Waals surface area contributed by atoms with Crippen molar-refractivity contribution in [2.45, 2.75) is 80.1 Å². The van der Waals surface area contributed by atoms with E-state index in [-0.39, 0.29) is 10.8 Å². The molecule has 0 unspecified atom stereocenters. The van der Waals surface area contributed by atoms with Gasteiger partial charge in [0.15, 0.2) is 0 Å². The highest BCUT2D eigenvalue weighted by Gasteiger charge is 2.29. The van der Waals surface area contributed by atoms with E-state index in [2.05, 4.69) is 215 Å². The fourth-order valence-electron chi connectivity index (χ4n) is 11.4. The lowest BCUT2D eigenvalue weighted by Gasteiger charge is -2.21. The van der Waals surface area contributed by atoms with Crippen molar-refractivity contribution in [3.8, 4) is 44.5 Å². The first kappa shape index (κ1) is 40.4.